The van der Waals surface area contributed by atoms with E-state index in [1.165, 1.54) is 0 Å². The Labute approximate surface area is 122 Å². The molecule has 1 atom stereocenters. The van der Waals surface area contributed by atoms with E-state index in [2.05, 4.69) is 10.0 Å². The molecule has 0 N–H and O–H groups in total. The van der Waals surface area contributed by atoms with Gasteiger partial charge in [-0.3, -0.25) is 9.69 Å². The number of hydrogen-bond acceptors (Lipinski definition) is 2. The van der Waals surface area contributed by atoms with Gasteiger partial charge < -0.3 is 0 Å². The van der Waals surface area contributed by atoms with E-state index in [0.29, 0.717) is 6.42 Å². The number of carbonyl (C=O) groups is 1. The van der Waals surface area contributed by atoms with E-state index in [9.17, 15) is 4.79 Å². The van der Waals surface area contributed by atoms with Crippen LogP contribution in [0, 0.1) is 0 Å². The highest BCUT2D eigenvalue weighted by atomic mass is 16.2. The molecule has 1 aliphatic rings. The van der Waals surface area contributed by atoms with Crippen LogP contribution in [0.25, 0.3) is 10.4 Å². The van der Waals surface area contributed by atoms with Crippen molar-refractivity contribution >= 4 is 17.3 Å². The normalized spacial score (nSPS) is 17.6. The van der Waals surface area contributed by atoms with Gasteiger partial charge in [0.25, 0.3) is 0 Å². The van der Waals surface area contributed by atoms with Gasteiger partial charge in [-0.2, -0.15) is 0 Å². The van der Waals surface area contributed by atoms with E-state index >= 15 is 0 Å². The minimum absolute atomic E-state index is 0.177. The molecule has 5 nitrogen and oxygen atoms in total. The molecule has 21 heavy (non-hydrogen) atoms. The number of anilines is 2. The first-order valence-corrected chi connectivity index (χ1v) is 6.82. The van der Waals surface area contributed by atoms with Crippen LogP contribution in [-0.4, -0.2) is 11.9 Å². The lowest BCUT2D eigenvalue weighted by atomic mass is 10.1. The van der Waals surface area contributed by atoms with Crippen molar-refractivity contribution < 1.29 is 4.79 Å². The summed E-state index contributed by atoms with van der Waals surface area (Å²) in [6.07, 6.45) is 1.25. The fourth-order valence-electron chi connectivity index (χ4n) is 2.64. The molecule has 0 spiro atoms. The number of para-hydroxylation sites is 2. The lowest BCUT2D eigenvalue weighted by Gasteiger charge is -2.24. The van der Waals surface area contributed by atoms with Crippen LogP contribution in [-0.2, 0) is 11.2 Å². The number of amides is 1. The zero-order valence-corrected chi connectivity index (χ0v) is 11.4. The van der Waals surface area contributed by atoms with Gasteiger partial charge in [-0.05, 0) is 42.1 Å². The molecule has 2 aromatic carbocycles. The van der Waals surface area contributed by atoms with E-state index in [4.69, 9.17) is 5.53 Å². The minimum atomic E-state index is -0.664. The fraction of sp³-hybridized carbons (Fsp3) is 0.188. The van der Waals surface area contributed by atoms with E-state index in [-0.39, 0.29) is 5.91 Å². The smallest absolute Gasteiger partial charge is 0.240 e. The Bertz CT molecular complexity index is 707. The number of carbonyl (C=O) groups excluding carboxylic acids is 1. The summed E-state index contributed by atoms with van der Waals surface area (Å²) in [4.78, 5) is 17.2. The van der Waals surface area contributed by atoms with Crippen LogP contribution in [0.5, 0.6) is 0 Å². The molecule has 0 bridgehead atoms. The Morgan fingerprint density at radius 2 is 1.81 bits per heavy atom. The quantitative estimate of drug-likeness (QED) is 0.465. The molecule has 2 aromatic rings. The third-order valence-corrected chi connectivity index (χ3v) is 3.63. The first kappa shape index (κ1) is 13.2. The zero-order valence-electron chi connectivity index (χ0n) is 11.4. The van der Waals surface area contributed by atoms with Crippen LogP contribution >= 0.6 is 0 Å². The van der Waals surface area contributed by atoms with Gasteiger partial charge in [0.1, 0.15) is 6.04 Å². The Hall–Kier alpha value is -2.78. The summed E-state index contributed by atoms with van der Waals surface area (Å²) in [5, 5.41) is 3.67. The van der Waals surface area contributed by atoms with Gasteiger partial charge in [0.15, 0.2) is 0 Å². The number of hydrogen-bond donors (Lipinski definition) is 0. The summed E-state index contributed by atoms with van der Waals surface area (Å²) in [6, 6.07) is 16.6. The molecular weight excluding hydrogens is 264 g/mol. The summed E-state index contributed by atoms with van der Waals surface area (Å²) in [5.41, 5.74) is 11.4. The van der Waals surface area contributed by atoms with Crippen LogP contribution in [0.1, 0.15) is 12.0 Å². The SMILES string of the molecule is [N-]=[N+]=NC1CCc2ccccc2N(c2ccccc2)C1=O. The highest BCUT2D eigenvalue weighted by Gasteiger charge is 2.30. The van der Waals surface area contributed by atoms with Gasteiger partial charge in [-0.15, -0.1) is 0 Å². The molecular formula is C16H14N4O. The van der Waals surface area contributed by atoms with Gasteiger partial charge in [0, 0.05) is 10.6 Å². The minimum Gasteiger partial charge on any atom is -0.280 e. The number of rotatable bonds is 2. The number of fused-ring (bicyclic) bond motifs is 1. The maximum Gasteiger partial charge on any atom is 0.240 e. The van der Waals surface area contributed by atoms with Gasteiger partial charge in [0.05, 0.1) is 5.69 Å². The molecule has 1 aliphatic heterocycles. The van der Waals surface area contributed by atoms with Gasteiger partial charge in [-0.25, -0.2) is 0 Å². The van der Waals surface area contributed by atoms with Crippen molar-refractivity contribution in [3.05, 3.63) is 70.6 Å². The van der Waals surface area contributed by atoms with Crippen LogP contribution in [0.15, 0.2) is 59.7 Å². The number of nitrogens with zero attached hydrogens (tertiary/aromatic N) is 4. The highest BCUT2D eigenvalue weighted by molar-refractivity contribution is 6.04. The van der Waals surface area contributed by atoms with Crippen molar-refractivity contribution in [2.75, 3.05) is 4.90 Å². The second kappa shape index (κ2) is 5.69. The van der Waals surface area contributed by atoms with Gasteiger partial charge in [-0.1, -0.05) is 41.5 Å². The second-order valence-corrected chi connectivity index (χ2v) is 4.90. The monoisotopic (exact) mass is 278 g/mol. The van der Waals surface area contributed by atoms with Crippen molar-refractivity contribution in [3.63, 3.8) is 0 Å². The number of benzene rings is 2. The molecule has 1 unspecified atom stereocenters. The van der Waals surface area contributed by atoms with Crippen LogP contribution < -0.4 is 4.90 Å². The van der Waals surface area contributed by atoms with E-state index in [1.807, 2.05) is 54.6 Å². The molecule has 0 saturated carbocycles. The van der Waals surface area contributed by atoms with Gasteiger partial charge in [0.2, 0.25) is 5.91 Å². The third-order valence-electron chi connectivity index (χ3n) is 3.63. The molecule has 0 fully saturated rings. The average Bonchev–Trinajstić information content (AvgIpc) is 2.66. The van der Waals surface area contributed by atoms with Gasteiger partial charge >= 0.3 is 0 Å². The second-order valence-electron chi connectivity index (χ2n) is 4.90. The summed E-state index contributed by atoms with van der Waals surface area (Å²) < 4.78 is 0. The Morgan fingerprint density at radius 1 is 1.10 bits per heavy atom. The number of azide groups is 1. The number of aryl methyl sites for hydroxylation is 1. The van der Waals surface area contributed by atoms with Crippen molar-refractivity contribution in [1.29, 1.82) is 0 Å². The molecule has 0 aromatic heterocycles. The molecule has 0 aliphatic carbocycles. The van der Waals surface area contributed by atoms with E-state index < -0.39 is 6.04 Å². The van der Waals surface area contributed by atoms with Crippen molar-refractivity contribution in [3.8, 4) is 0 Å². The maximum absolute atomic E-state index is 12.8. The topological polar surface area (TPSA) is 69.1 Å². The zero-order chi connectivity index (χ0) is 14.7. The van der Waals surface area contributed by atoms with E-state index in [1.54, 1.807) is 4.90 Å². The summed E-state index contributed by atoms with van der Waals surface area (Å²) in [6.45, 7) is 0. The summed E-state index contributed by atoms with van der Waals surface area (Å²) in [7, 11) is 0. The third kappa shape index (κ3) is 2.47. The summed E-state index contributed by atoms with van der Waals surface area (Å²) >= 11 is 0. The first-order chi connectivity index (χ1) is 10.3. The predicted molar refractivity (Wildman–Crippen MR) is 81.3 cm³/mol. The Morgan fingerprint density at radius 3 is 2.57 bits per heavy atom. The van der Waals surface area contributed by atoms with Crippen LogP contribution in [0.4, 0.5) is 11.4 Å². The predicted octanol–water partition coefficient (Wildman–Crippen LogP) is 3.98. The van der Waals surface area contributed by atoms with Crippen LogP contribution in [0.3, 0.4) is 0 Å². The molecule has 0 radical (unpaired) electrons. The van der Waals surface area contributed by atoms with Crippen molar-refractivity contribution in [2.24, 2.45) is 5.11 Å². The molecule has 1 heterocycles. The molecule has 3 rings (SSSR count). The Balaban J connectivity index is 2.15. The van der Waals surface area contributed by atoms with Crippen LogP contribution in [0.2, 0.25) is 0 Å². The van der Waals surface area contributed by atoms with Crippen molar-refractivity contribution in [1.82, 2.24) is 0 Å². The molecule has 5 heteroatoms. The molecule has 1 amide bonds. The standard InChI is InChI=1S/C16H14N4O/c17-19-18-14-11-10-12-6-4-5-9-15(12)20(16(14)21)13-7-2-1-3-8-13/h1-9,14H,10-11H2. The Kier molecular flexibility index (Phi) is 3.58. The first-order valence-electron chi connectivity index (χ1n) is 6.82. The molecule has 104 valence electrons. The lowest BCUT2D eigenvalue weighted by molar-refractivity contribution is -0.119. The summed E-state index contributed by atoms with van der Waals surface area (Å²) in [5.74, 6) is -0.177. The largest absolute Gasteiger partial charge is 0.280 e. The van der Waals surface area contributed by atoms with E-state index in [0.717, 1.165) is 23.4 Å². The average molecular weight is 278 g/mol. The highest BCUT2D eigenvalue weighted by Crippen LogP contribution is 2.33. The van der Waals surface area contributed by atoms with Crippen molar-refractivity contribution in [2.45, 2.75) is 18.9 Å². The fourth-order valence-corrected chi connectivity index (χ4v) is 2.64. The lowest BCUT2D eigenvalue weighted by Crippen LogP contribution is -2.33. The maximum atomic E-state index is 12.8. The molecule has 0 saturated heterocycles.